The van der Waals surface area contributed by atoms with Gasteiger partial charge >= 0.3 is 0 Å². The minimum atomic E-state index is 0.623. The van der Waals surface area contributed by atoms with Gasteiger partial charge in [0, 0.05) is 15.8 Å². The van der Waals surface area contributed by atoms with Gasteiger partial charge in [-0.15, -0.1) is 11.3 Å². The zero-order valence-electron chi connectivity index (χ0n) is 11.6. The second kappa shape index (κ2) is 6.52. The Bertz CT molecular complexity index is 520. The van der Waals surface area contributed by atoms with E-state index in [-0.39, 0.29) is 0 Å². The summed E-state index contributed by atoms with van der Waals surface area (Å²) in [5.74, 6) is 1.42. The van der Waals surface area contributed by atoms with Crippen molar-refractivity contribution in [3.05, 3.63) is 33.8 Å². The van der Waals surface area contributed by atoms with Crippen LogP contribution >= 0.6 is 11.3 Å². The lowest BCUT2D eigenvalue weighted by Gasteiger charge is -2.06. The smallest absolute Gasteiger partial charge is 0.218 e. The third-order valence-electron chi connectivity index (χ3n) is 2.76. The van der Waals surface area contributed by atoms with E-state index >= 15 is 0 Å². The Morgan fingerprint density at radius 3 is 2.79 bits per heavy atom. The number of nitrogens with zero attached hydrogens (tertiary/aromatic N) is 2. The first-order chi connectivity index (χ1) is 9.19. The van der Waals surface area contributed by atoms with Crippen molar-refractivity contribution in [2.75, 3.05) is 11.9 Å². The molecule has 0 saturated heterocycles. The lowest BCUT2D eigenvalue weighted by atomic mass is 10.3. The molecule has 0 fully saturated rings. The van der Waals surface area contributed by atoms with Crippen LogP contribution in [0.15, 0.2) is 18.5 Å². The highest BCUT2D eigenvalue weighted by molar-refractivity contribution is 7.12. The molecule has 0 aromatic carbocycles. The van der Waals surface area contributed by atoms with Crippen molar-refractivity contribution >= 4 is 17.2 Å². The minimum absolute atomic E-state index is 0.623. The second-order valence-corrected chi connectivity index (χ2v) is 5.74. The Balaban J connectivity index is 1.95. The van der Waals surface area contributed by atoms with Gasteiger partial charge in [0.1, 0.15) is 12.1 Å². The van der Waals surface area contributed by atoms with E-state index in [0.717, 1.165) is 18.8 Å². The third kappa shape index (κ3) is 3.92. The molecule has 0 bridgehead atoms. The number of nitrogens with one attached hydrogen (secondary N) is 1. The van der Waals surface area contributed by atoms with Crippen LogP contribution in [0.4, 0.5) is 5.82 Å². The standard InChI is InChI=1S/C14H19N3OS/c1-4-5-18-14-7-13(16-9-17-14)15-8-12-6-10(2)11(3)19-12/h6-7,9H,4-5,8H2,1-3H3,(H,15,16,17). The van der Waals surface area contributed by atoms with Crippen LogP contribution in [0.2, 0.25) is 0 Å². The van der Waals surface area contributed by atoms with E-state index in [1.807, 2.05) is 17.4 Å². The Kier molecular flexibility index (Phi) is 4.74. The number of ether oxygens (including phenoxy) is 1. The molecule has 19 heavy (non-hydrogen) atoms. The van der Waals surface area contributed by atoms with E-state index in [9.17, 15) is 0 Å². The number of hydrogen-bond donors (Lipinski definition) is 1. The van der Waals surface area contributed by atoms with Crippen molar-refractivity contribution in [2.45, 2.75) is 33.7 Å². The quantitative estimate of drug-likeness (QED) is 0.877. The number of rotatable bonds is 6. The molecule has 0 saturated carbocycles. The van der Waals surface area contributed by atoms with E-state index in [1.165, 1.54) is 21.6 Å². The number of anilines is 1. The molecule has 5 heteroatoms. The predicted octanol–water partition coefficient (Wildman–Crippen LogP) is 3.56. The molecule has 0 aliphatic carbocycles. The molecule has 0 radical (unpaired) electrons. The van der Waals surface area contributed by atoms with Crippen molar-refractivity contribution in [2.24, 2.45) is 0 Å². The van der Waals surface area contributed by atoms with Crippen LogP contribution < -0.4 is 10.1 Å². The predicted molar refractivity (Wildman–Crippen MR) is 78.9 cm³/mol. The van der Waals surface area contributed by atoms with Gasteiger partial charge < -0.3 is 10.1 Å². The topological polar surface area (TPSA) is 47.0 Å². The van der Waals surface area contributed by atoms with Crippen LogP contribution in [-0.2, 0) is 6.54 Å². The fourth-order valence-electron chi connectivity index (χ4n) is 1.64. The molecule has 0 unspecified atom stereocenters. The molecule has 2 heterocycles. The van der Waals surface area contributed by atoms with Gasteiger partial charge in [-0.2, -0.15) is 0 Å². The van der Waals surface area contributed by atoms with Gasteiger partial charge in [0.15, 0.2) is 0 Å². The van der Waals surface area contributed by atoms with Gasteiger partial charge in [-0.3, -0.25) is 0 Å². The van der Waals surface area contributed by atoms with E-state index in [4.69, 9.17) is 4.74 Å². The van der Waals surface area contributed by atoms with E-state index in [1.54, 1.807) is 0 Å². The highest BCUT2D eigenvalue weighted by Crippen LogP contribution is 2.21. The second-order valence-electron chi connectivity index (χ2n) is 4.40. The molecule has 0 amide bonds. The molecule has 2 aromatic heterocycles. The zero-order valence-corrected chi connectivity index (χ0v) is 12.4. The number of thiophene rings is 1. The molecule has 2 aromatic rings. The third-order valence-corrected chi connectivity index (χ3v) is 3.91. The van der Waals surface area contributed by atoms with Crippen LogP contribution in [0.3, 0.4) is 0 Å². The first-order valence-electron chi connectivity index (χ1n) is 6.43. The van der Waals surface area contributed by atoms with E-state index in [0.29, 0.717) is 12.5 Å². The zero-order chi connectivity index (χ0) is 13.7. The van der Waals surface area contributed by atoms with Gasteiger partial charge in [0.25, 0.3) is 0 Å². The van der Waals surface area contributed by atoms with Gasteiger partial charge in [-0.1, -0.05) is 6.92 Å². The number of aryl methyl sites for hydroxylation is 2. The lowest BCUT2D eigenvalue weighted by molar-refractivity contribution is 0.305. The molecule has 102 valence electrons. The average Bonchev–Trinajstić information content (AvgIpc) is 2.74. The summed E-state index contributed by atoms with van der Waals surface area (Å²) >= 11 is 1.81. The number of hydrogen-bond acceptors (Lipinski definition) is 5. The monoisotopic (exact) mass is 277 g/mol. The summed E-state index contributed by atoms with van der Waals surface area (Å²) in [4.78, 5) is 11.0. The first-order valence-corrected chi connectivity index (χ1v) is 7.25. The summed E-state index contributed by atoms with van der Waals surface area (Å²) in [6.45, 7) is 7.81. The maximum Gasteiger partial charge on any atom is 0.218 e. The highest BCUT2D eigenvalue weighted by Gasteiger charge is 2.03. The first kappa shape index (κ1) is 13.8. The molecule has 0 aliphatic rings. The summed E-state index contributed by atoms with van der Waals surface area (Å²) in [5, 5.41) is 3.30. The maximum atomic E-state index is 5.48. The fourth-order valence-corrected chi connectivity index (χ4v) is 2.63. The van der Waals surface area contributed by atoms with Gasteiger partial charge in [0.2, 0.25) is 5.88 Å². The van der Waals surface area contributed by atoms with Gasteiger partial charge in [-0.05, 0) is 31.9 Å². The normalized spacial score (nSPS) is 10.5. The summed E-state index contributed by atoms with van der Waals surface area (Å²) in [6, 6.07) is 4.05. The summed E-state index contributed by atoms with van der Waals surface area (Å²) in [7, 11) is 0. The summed E-state index contributed by atoms with van der Waals surface area (Å²) in [6.07, 6.45) is 2.50. The molecule has 4 nitrogen and oxygen atoms in total. The maximum absolute atomic E-state index is 5.48. The Morgan fingerprint density at radius 1 is 1.26 bits per heavy atom. The van der Waals surface area contributed by atoms with Crippen LogP contribution in [0.5, 0.6) is 5.88 Å². The summed E-state index contributed by atoms with van der Waals surface area (Å²) < 4.78 is 5.48. The van der Waals surface area contributed by atoms with E-state index in [2.05, 4.69) is 42.1 Å². The molecular weight excluding hydrogens is 258 g/mol. The minimum Gasteiger partial charge on any atom is -0.478 e. The van der Waals surface area contributed by atoms with Crippen molar-refractivity contribution in [1.82, 2.24) is 9.97 Å². The molecule has 0 spiro atoms. The van der Waals surface area contributed by atoms with Crippen molar-refractivity contribution in [3.63, 3.8) is 0 Å². The molecule has 0 atom stereocenters. The largest absolute Gasteiger partial charge is 0.478 e. The SMILES string of the molecule is CCCOc1cc(NCc2cc(C)c(C)s2)ncn1. The molecule has 0 aliphatic heterocycles. The van der Waals surface area contributed by atoms with Crippen LogP contribution in [-0.4, -0.2) is 16.6 Å². The molecule has 1 N–H and O–H groups in total. The van der Waals surface area contributed by atoms with Crippen LogP contribution in [0.1, 0.15) is 28.7 Å². The van der Waals surface area contributed by atoms with E-state index < -0.39 is 0 Å². The van der Waals surface area contributed by atoms with Crippen molar-refractivity contribution in [1.29, 1.82) is 0 Å². The Labute approximate surface area is 117 Å². The lowest BCUT2D eigenvalue weighted by Crippen LogP contribution is -2.02. The number of aromatic nitrogens is 2. The highest BCUT2D eigenvalue weighted by atomic mass is 32.1. The van der Waals surface area contributed by atoms with Crippen molar-refractivity contribution in [3.8, 4) is 5.88 Å². The van der Waals surface area contributed by atoms with Gasteiger partial charge in [0.05, 0.1) is 13.2 Å². The molecular formula is C14H19N3OS. The fraction of sp³-hybridized carbons (Fsp3) is 0.429. The van der Waals surface area contributed by atoms with Crippen LogP contribution in [0, 0.1) is 13.8 Å². The Hall–Kier alpha value is -1.62. The van der Waals surface area contributed by atoms with Crippen molar-refractivity contribution < 1.29 is 4.74 Å². The van der Waals surface area contributed by atoms with Crippen LogP contribution in [0.25, 0.3) is 0 Å². The molecule has 2 rings (SSSR count). The average molecular weight is 277 g/mol. The Morgan fingerprint density at radius 2 is 2.11 bits per heavy atom. The summed E-state index contributed by atoms with van der Waals surface area (Å²) in [5.41, 5.74) is 1.34. The van der Waals surface area contributed by atoms with Gasteiger partial charge in [-0.25, -0.2) is 9.97 Å².